The second kappa shape index (κ2) is 28.8. The van der Waals surface area contributed by atoms with Gasteiger partial charge in [-0.15, -0.1) is 0 Å². The quantitative estimate of drug-likeness (QED) is 0.106. The first-order valence-electron chi connectivity index (χ1n) is 41.9. The van der Waals surface area contributed by atoms with Crippen molar-refractivity contribution in [1.29, 1.82) is 0 Å². The fourth-order valence-electron chi connectivity index (χ4n) is 19.4. The van der Waals surface area contributed by atoms with Gasteiger partial charge in [0.2, 0.25) is 0 Å². The summed E-state index contributed by atoms with van der Waals surface area (Å²) < 4.78 is 2.24. The Morgan fingerprint density at radius 3 is 1.22 bits per heavy atom. The van der Waals surface area contributed by atoms with Gasteiger partial charge in [0.1, 0.15) is 5.82 Å². The predicted octanol–water partition coefficient (Wildman–Crippen LogP) is 28.2. The molecule has 27 rings (SSSR count). The molecule has 0 unspecified atom stereocenters. The maximum absolute atomic E-state index is 5.44. The highest BCUT2D eigenvalue weighted by Gasteiger charge is 2.24. The number of pyridine rings is 10. The number of nitrogens with zero attached hydrogens (tertiary/aromatic N) is 12. The van der Waals surface area contributed by atoms with Crippen LogP contribution < -0.4 is 0 Å². The average molecular weight is 1590 g/mol. The van der Waals surface area contributed by atoms with E-state index < -0.39 is 0 Å². The summed E-state index contributed by atoms with van der Waals surface area (Å²) in [5, 5.41) is 28.7. The minimum Gasteiger partial charge on any atom is -0.292 e. The third-order valence-corrected chi connectivity index (χ3v) is 25.0. The zero-order valence-electron chi connectivity index (χ0n) is 67.0. The van der Waals surface area contributed by atoms with Crippen molar-refractivity contribution in [2.75, 3.05) is 0 Å². The predicted molar refractivity (Wildman–Crippen MR) is 515 cm³/mol. The summed E-state index contributed by atoms with van der Waals surface area (Å²) in [5.41, 5.74) is 22.4. The Morgan fingerprint density at radius 1 is 0.184 bits per heavy atom. The van der Waals surface area contributed by atoms with Gasteiger partial charge in [0.05, 0.1) is 72.6 Å². The van der Waals surface area contributed by atoms with Crippen molar-refractivity contribution in [3.8, 4) is 84.5 Å². The molecule has 0 saturated heterocycles. The van der Waals surface area contributed by atoms with Crippen LogP contribution in [0.3, 0.4) is 0 Å². The van der Waals surface area contributed by atoms with Crippen LogP contribution >= 0.6 is 0 Å². The van der Waals surface area contributed by atoms with Crippen LogP contribution in [0, 0.1) is 0 Å². The van der Waals surface area contributed by atoms with Gasteiger partial charge in [-0.2, -0.15) is 0 Å². The molecule has 0 radical (unpaired) electrons. The van der Waals surface area contributed by atoms with Crippen LogP contribution in [0.15, 0.2) is 402 Å². The van der Waals surface area contributed by atoms with Crippen LogP contribution in [0.5, 0.6) is 0 Å². The highest BCUT2D eigenvalue weighted by molar-refractivity contribution is 6.41. The number of hydrogen-bond acceptors (Lipinski definition) is 11. The van der Waals surface area contributed by atoms with E-state index in [9.17, 15) is 0 Å². The minimum absolute atomic E-state index is 0.849. The Labute approximate surface area is 714 Å². The number of benzene rings is 16. The van der Waals surface area contributed by atoms with E-state index in [2.05, 4.69) is 291 Å². The fraction of sp³-hybridized carbons (Fsp3) is 0. The summed E-state index contributed by atoms with van der Waals surface area (Å²) in [7, 11) is 0. The van der Waals surface area contributed by atoms with Gasteiger partial charge in [0, 0.05) is 175 Å². The summed E-state index contributed by atoms with van der Waals surface area (Å²) >= 11 is 0. The van der Waals surface area contributed by atoms with Crippen LogP contribution in [-0.2, 0) is 0 Å². The third-order valence-electron chi connectivity index (χ3n) is 25.0. The molecule has 0 N–H and O–H groups in total. The molecule has 125 heavy (non-hydrogen) atoms. The van der Waals surface area contributed by atoms with Crippen LogP contribution in [0.1, 0.15) is 0 Å². The van der Waals surface area contributed by atoms with E-state index in [-0.39, 0.29) is 0 Å². The van der Waals surface area contributed by atoms with Crippen LogP contribution in [-0.4, -0.2) is 59.4 Å². The Hall–Kier alpha value is -17.1. The van der Waals surface area contributed by atoms with E-state index in [0.717, 1.165) is 172 Å². The normalized spacial score (nSPS) is 11.8. The van der Waals surface area contributed by atoms with E-state index in [4.69, 9.17) is 34.9 Å². The number of para-hydroxylation sites is 3. The molecular formula is C113H66N12. The number of fused-ring (bicyclic) bond motifs is 23. The second-order valence-corrected chi connectivity index (χ2v) is 31.9. The lowest BCUT2D eigenvalue weighted by Gasteiger charge is -2.17. The molecule has 0 saturated carbocycles. The summed E-state index contributed by atoms with van der Waals surface area (Å²) in [6.45, 7) is 0. The van der Waals surface area contributed by atoms with Gasteiger partial charge in [-0.3, -0.25) is 39.5 Å². The fourth-order valence-corrected chi connectivity index (χ4v) is 19.4. The monoisotopic (exact) mass is 1590 g/mol. The average Bonchev–Trinajstić information content (AvgIpc) is 1.23. The molecule has 0 spiro atoms. The van der Waals surface area contributed by atoms with Crippen molar-refractivity contribution in [3.05, 3.63) is 402 Å². The summed E-state index contributed by atoms with van der Waals surface area (Å²) in [4.78, 5) is 53.0. The first kappa shape index (κ1) is 70.9. The highest BCUT2D eigenvalue weighted by Crippen LogP contribution is 2.49. The molecule has 0 aliphatic rings. The van der Waals surface area contributed by atoms with Crippen LogP contribution in [0.4, 0.5) is 0 Å². The Kier molecular flexibility index (Phi) is 16.4. The molecule has 27 aromatic rings. The zero-order chi connectivity index (χ0) is 82.2. The summed E-state index contributed by atoms with van der Waals surface area (Å²) in [6, 6.07) is 121. The van der Waals surface area contributed by atoms with Crippen molar-refractivity contribution < 1.29 is 0 Å². The first-order chi connectivity index (χ1) is 62.0. The zero-order valence-corrected chi connectivity index (χ0v) is 67.0. The molecule has 11 heterocycles. The van der Waals surface area contributed by atoms with Gasteiger partial charge in [0.25, 0.3) is 0 Å². The second-order valence-electron chi connectivity index (χ2n) is 31.9. The van der Waals surface area contributed by atoms with Crippen molar-refractivity contribution >= 4 is 173 Å². The number of aromatic nitrogens is 12. The molecule has 12 nitrogen and oxygen atoms in total. The molecule has 11 aromatic heterocycles. The van der Waals surface area contributed by atoms with Crippen molar-refractivity contribution in [2.24, 2.45) is 0 Å². The van der Waals surface area contributed by atoms with Gasteiger partial charge in [0.15, 0.2) is 0 Å². The van der Waals surface area contributed by atoms with Crippen LogP contribution in [0.25, 0.3) is 258 Å². The van der Waals surface area contributed by atoms with Crippen molar-refractivity contribution in [2.45, 2.75) is 0 Å². The van der Waals surface area contributed by atoms with Crippen molar-refractivity contribution in [1.82, 2.24) is 59.4 Å². The maximum Gasteiger partial charge on any atom is 0.145 e. The first-order valence-corrected chi connectivity index (χ1v) is 41.9. The SMILES string of the molecule is c1ccc(-c2ccc(-c3ccc4c5cccc6ccc7c8ncccc8cc(c4n3)c7c65)cn2)nc1.c1ccc(-n2c(-c3ccc(-c4ccc5c6cccc7c8ncccc8c8cccc(c5n4)c8c67)cc3)nc3ccccc32)cc1.c1ccc2c(c1)c1ncccc1c1c3ccccc3c3nc(-c4cc(-c5ccncc5)cc(-c5ccncc5)c4)ccc3c21. The van der Waals surface area contributed by atoms with Gasteiger partial charge in [-0.1, -0.05) is 194 Å². The van der Waals surface area contributed by atoms with Gasteiger partial charge < -0.3 is 0 Å². The molecule has 0 aliphatic carbocycles. The summed E-state index contributed by atoms with van der Waals surface area (Å²) in [5.74, 6) is 0.922. The molecule has 0 aliphatic heterocycles. The lowest BCUT2D eigenvalue weighted by Crippen LogP contribution is -1.97. The molecule has 0 bridgehead atoms. The highest BCUT2D eigenvalue weighted by atomic mass is 15.1. The molecule has 16 aromatic carbocycles. The standard InChI is InChI=1S/C41H24N4.C40H24N4.C32H18N4/c1-2-9-27(10-3-1)45-36-17-5-4-16-35(36)44-41(45)26-20-18-25(19-21-26)34-23-22-31-29-12-6-13-32-37(29)38-28(30-15-8-24-42-39(30)32)11-7-14-33(38)40(31)43-34;1-3-8-32-30(6-1)38-35-11-12-36(44-40(35)33-9-4-2-7-31(33)37(38)34-10-5-17-43-39(32)34)29-23-27(25-13-18-41-19-14-25)22-28(24-29)26-15-20-42-21-16-26;1-2-15-33-27(8-1)28-13-10-21(18-35-28)26-14-12-23-22-7-3-5-19-9-11-24-30(29(19)22)25(32(23)36-26)17-20-6-4-16-34-31(20)24/h1-24H;1-24H;1-18H. The number of hydrogen-bond donors (Lipinski definition) is 0. The lowest BCUT2D eigenvalue weighted by atomic mass is 9.88. The van der Waals surface area contributed by atoms with E-state index in [1.807, 2.05) is 128 Å². The van der Waals surface area contributed by atoms with Gasteiger partial charge >= 0.3 is 0 Å². The maximum atomic E-state index is 5.44. The number of rotatable bonds is 8. The Bertz CT molecular complexity index is 8970. The van der Waals surface area contributed by atoms with Gasteiger partial charge in [-0.25, -0.2) is 19.9 Å². The molecule has 0 atom stereocenters. The summed E-state index contributed by atoms with van der Waals surface area (Å²) in [6.07, 6.45) is 16.7. The molecular weight excluding hydrogens is 1530 g/mol. The lowest BCUT2D eigenvalue weighted by molar-refractivity contribution is 1.10. The Morgan fingerprint density at radius 2 is 0.592 bits per heavy atom. The largest absolute Gasteiger partial charge is 0.292 e. The van der Waals surface area contributed by atoms with Crippen molar-refractivity contribution in [3.63, 3.8) is 0 Å². The van der Waals surface area contributed by atoms with E-state index in [0.29, 0.717) is 0 Å². The Balaban J connectivity index is 0.000000103. The molecule has 578 valence electrons. The van der Waals surface area contributed by atoms with E-state index in [1.54, 1.807) is 6.20 Å². The smallest absolute Gasteiger partial charge is 0.145 e. The van der Waals surface area contributed by atoms with Crippen LogP contribution in [0.2, 0.25) is 0 Å². The van der Waals surface area contributed by atoms with Gasteiger partial charge in [-0.05, 0) is 212 Å². The molecule has 12 heteroatoms. The minimum atomic E-state index is 0.849. The third kappa shape index (κ3) is 11.6. The van der Waals surface area contributed by atoms with E-state index in [1.165, 1.54) is 86.2 Å². The molecule has 0 amide bonds. The van der Waals surface area contributed by atoms with E-state index >= 15 is 0 Å². The number of imidazole rings is 1. The topological polar surface area (TPSA) is 147 Å². The molecule has 0 fully saturated rings.